The van der Waals surface area contributed by atoms with E-state index in [-0.39, 0.29) is 5.41 Å². The van der Waals surface area contributed by atoms with Crippen molar-refractivity contribution >= 4 is 11.0 Å². The molecule has 2 rings (SSSR count). The van der Waals surface area contributed by atoms with Crippen LogP contribution >= 0.6 is 0 Å². The summed E-state index contributed by atoms with van der Waals surface area (Å²) in [4.78, 5) is 0. The van der Waals surface area contributed by atoms with Gasteiger partial charge in [0, 0.05) is 10.9 Å². The van der Waals surface area contributed by atoms with Crippen LogP contribution in [0.5, 0.6) is 0 Å². The van der Waals surface area contributed by atoms with Crippen molar-refractivity contribution in [3.8, 4) is 0 Å². The summed E-state index contributed by atoms with van der Waals surface area (Å²) in [5.74, 6) is 1.08. The van der Waals surface area contributed by atoms with Gasteiger partial charge in [-0.15, -0.1) is 0 Å². The second-order valence-electron chi connectivity index (χ2n) is 6.97. The molecule has 2 aromatic rings. The third-order valence-corrected chi connectivity index (χ3v) is 4.10. The Kier molecular flexibility index (Phi) is 4.77. The monoisotopic (exact) mass is 287 g/mol. The van der Waals surface area contributed by atoms with Crippen molar-refractivity contribution in [1.29, 1.82) is 0 Å². The molecule has 1 atom stereocenters. The van der Waals surface area contributed by atoms with Crippen molar-refractivity contribution in [2.75, 3.05) is 6.54 Å². The number of furan rings is 1. The van der Waals surface area contributed by atoms with E-state index in [1.807, 2.05) is 0 Å². The van der Waals surface area contributed by atoms with Gasteiger partial charge in [0.1, 0.15) is 11.3 Å². The van der Waals surface area contributed by atoms with Crippen LogP contribution in [-0.2, 0) is 5.41 Å². The second kappa shape index (κ2) is 6.23. The minimum atomic E-state index is 0.0967. The second-order valence-corrected chi connectivity index (χ2v) is 6.97. The van der Waals surface area contributed by atoms with Crippen LogP contribution in [0.1, 0.15) is 70.4 Å². The van der Waals surface area contributed by atoms with Crippen molar-refractivity contribution in [1.82, 2.24) is 5.32 Å². The van der Waals surface area contributed by atoms with Crippen LogP contribution in [0, 0.1) is 6.92 Å². The fourth-order valence-corrected chi connectivity index (χ4v) is 2.92. The van der Waals surface area contributed by atoms with Gasteiger partial charge in [-0.1, -0.05) is 53.2 Å². The van der Waals surface area contributed by atoms with Crippen LogP contribution in [0.15, 0.2) is 22.6 Å². The lowest BCUT2D eigenvalue weighted by atomic mass is 9.85. The van der Waals surface area contributed by atoms with Gasteiger partial charge in [-0.05, 0) is 36.9 Å². The van der Waals surface area contributed by atoms with E-state index < -0.39 is 0 Å². The summed E-state index contributed by atoms with van der Waals surface area (Å²) in [5.41, 5.74) is 3.75. The number of nitrogens with one attached hydrogen (secondary N) is 1. The van der Waals surface area contributed by atoms with E-state index in [1.54, 1.807) is 0 Å². The van der Waals surface area contributed by atoms with E-state index in [1.165, 1.54) is 16.5 Å². The first kappa shape index (κ1) is 16.1. The molecule has 0 fully saturated rings. The molecule has 0 aliphatic carbocycles. The zero-order valence-electron chi connectivity index (χ0n) is 14.3. The van der Waals surface area contributed by atoms with E-state index in [2.05, 4.69) is 65.1 Å². The lowest BCUT2D eigenvalue weighted by Crippen LogP contribution is -2.20. The zero-order chi connectivity index (χ0) is 15.6. The minimum Gasteiger partial charge on any atom is -0.459 e. The third-order valence-electron chi connectivity index (χ3n) is 4.10. The summed E-state index contributed by atoms with van der Waals surface area (Å²) in [7, 11) is 0. The van der Waals surface area contributed by atoms with Crippen molar-refractivity contribution < 1.29 is 4.42 Å². The summed E-state index contributed by atoms with van der Waals surface area (Å²) < 4.78 is 6.31. The SMILES string of the molecule is CCCC(NCC)c1cc2c(C)ccc(C(C)(C)C)c2o1. The fourth-order valence-electron chi connectivity index (χ4n) is 2.92. The molecule has 1 N–H and O–H groups in total. The molecule has 1 heterocycles. The molecule has 116 valence electrons. The summed E-state index contributed by atoms with van der Waals surface area (Å²) in [5, 5.41) is 4.81. The van der Waals surface area contributed by atoms with Crippen LogP contribution in [-0.4, -0.2) is 6.54 Å². The molecule has 0 aliphatic rings. The normalized spacial score (nSPS) is 13.8. The van der Waals surface area contributed by atoms with Crippen LogP contribution in [0.3, 0.4) is 0 Å². The molecule has 0 saturated carbocycles. The number of aryl methyl sites for hydroxylation is 1. The standard InChI is InChI=1S/C19H29NO/c1-7-9-16(20-8-2)17-12-14-13(3)10-11-15(18(14)21-17)19(4,5)6/h10-12,16,20H,7-9H2,1-6H3. The predicted molar refractivity (Wildman–Crippen MR) is 91.0 cm³/mol. The van der Waals surface area contributed by atoms with Crippen molar-refractivity contribution in [3.05, 3.63) is 35.1 Å². The molecular weight excluding hydrogens is 258 g/mol. The molecule has 0 saturated heterocycles. The summed E-state index contributed by atoms with van der Waals surface area (Å²) in [6.07, 6.45) is 2.26. The van der Waals surface area contributed by atoms with Gasteiger partial charge in [-0.2, -0.15) is 0 Å². The van der Waals surface area contributed by atoms with Gasteiger partial charge in [-0.3, -0.25) is 0 Å². The molecule has 0 amide bonds. The third kappa shape index (κ3) is 3.32. The first-order valence-corrected chi connectivity index (χ1v) is 8.15. The molecule has 0 aliphatic heterocycles. The van der Waals surface area contributed by atoms with Crippen molar-refractivity contribution in [2.24, 2.45) is 0 Å². The van der Waals surface area contributed by atoms with Crippen LogP contribution in [0.25, 0.3) is 11.0 Å². The van der Waals surface area contributed by atoms with Gasteiger partial charge in [-0.25, -0.2) is 0 Å². The number of hydrogen-bond donors (Lipinski definition) is 1. The first-order chi connectivity index (χ1) is 9.88. The van der Waals surface area contributed by atoms with E-state index in [9.17, 15) is 0 Å². The Labute approximate surface area is 128 Å². The van der Waals surface area contributed by atoms with Gasteiger partial charge in [0.25, 0.3) is 0 Å². The molecule has 1 aromatic carbocycles. The van der Waals surface area contributed by atoms with E-state index in [0.29, 0.717) is 6.04 Å². The van der Waals surface area contributed by atoms with E-state index in [0.717, 1.165) is 30.7 Å². The minimum absolute atomic E-state index is 0.0967. The summed E-state index contributed by atoms with van der Waals surface area (Å²) in [6, 6.07) is 6.99. The first-order valence-electron chi connectivity index (χ1n) is 8.15. The molecular formula is C19H29NO. The summed E-state index contributed by atoms with van der Waals surface area (Å²) in [6.45, 7) is 14.2. The highest BCUT2D eigenvalue weighted by molar-refractivity contribution is 5.85. The highest BCUT2D eigenvalue weighted by Crippen LogP contribution is 2.35. The average molecular weight is 287 g/mol. The Hall–Kier alpha value is -1.28. The molecule has 1 unspecified atom stereocenters. The van der Waals surface area contributed by atoms with Gasteiger partial charge in [0.2, 0.25) is 0 Å². The van der Waals surface area contributed by atoms with Crippen molar-refractivity contribution in [3.63, 3.8) is 0 Å². The molecule has 21 heavy (non-hydrogen) atoms. The van der Waals surface area contributed by atoms with Gasteiger partial charge >= 0.3 is 0 Å². The molecule has 0 radical (unpaired) electrons. The lowest BCUT2D eigenvalue weighted by Gasteiger charge is -2.19. The highest BCUT2D eigenvalue weighted by atomic mass is 16.3. The Bertz CT molecular complexity index is 598. The van der Waals surface area contributed by atoms with Crippen LogP contribution in [0.4, 0.5) is 0 Å². The van der Waals surface area contributed by atoms with Crippen LogP contribution < -0.4 is 5.32 Å². The number of fused-ring (bicyclic) bond motifs is 1. The average Bonchev–Trinajstić information content (AvgIpc) is 2.83. The maximum Gasteiger partial charge on any atom is 0.138 e. The quantitative estimate of drug-likeness (QED) is 0.786. The maximum atomic E-state index is 6.31. The molecule has 1 aromatic heterocycles. The van der Waals surface area contributed by atoms with Gasteiger partial charge < -0.3 is 9.73 Å². The molecule has 2 heteroatoms. The topological polar surface area (TPSA) is 25.2 Å². The Morgan fingerprint density at radius 1 is 1.19 bits per heavy atom. The van der Waals surface area contributed by atoms with Gasteiger partial charge in [0.05, 0.1) is 6.04 Å². The fraction of sp³-hybridized carbons (Fsp3) is 0.579. The molecule has 2 nitrogen and oxygen atoms in total. The zero-order valence-corrected chi connectivity index (χ0v) is 14.3. The summed E-state index contributed by atoms with van der Waals surface area (Å²) >= 11 is 0. The maximum absolute atomic E-state index is 6.31. The molecule has 0 bridgehead atoms. The van der Waals surface area contributed by atoms with Gasteiger partial charge in [0.15, 0.2) is 0 Å². The van der Waals surface area contributed by atoms with E-state index in [4.69, 9.17) is 4.42 Å². The number of benzene rings is 1. The Balaban J connectivity index is 2.56. The van der Waals surface area contributed by atoms with E-state index >= 15 is 0 Å². The van der Waals surface area contributed by atoms with Crippen LogP contribution in [0.2, 0.25) is 0 Å². The largest absolute Gasteiger partial charge is 0.459 e. The number of rotatable bonds is 5. The highest BCUT2D eigenvalue weighted by Gasteiger charge is 2.22. The number of hydrogen-bond acceptors (Lipinski definition) is 2. The Morgan fingerprint density at radius 2 is 1.90 bits per heavy atom. The van der Waals surface area contributed by atoms with Crippen molar-refractivity contribution in [2.45, 2.75) is 65.8 Å². The molecule has 0 spiro atoms. The smallest absolute Gasteiger partial charge is 0.138 e. The lowest BCUT2D eigenvalue weighted by molar-refractivity contribution is 0.411. The predicted octanol–water partition coefficient (Wildman–Crippen LogP) is 5.49. The Morgan fingerprint density at radius 3 is 2.48 bits per heavy atom.